The van der Waals surface area contributed by atoms with E-state index in [1.54, 1.807) is 13.8 Å². The molecule has 1 heterocycles. The average molecular weight is 296 g/mol. The number of thiophene rings is 1. The van der Waals surface area contributed by atoms with Crippen molar-refractivity contribution in [3.05, 3.63) is 10.8 Å². The minimum absolute atomic E-state index is 0.0155. The van der Waals surface area contributed by atoms with Crippen molar-refractivity contribution in [1.82, 2.24) is 0 Å². The largest absolute Gasteiger partial charge is 0.224 e. The normalized spacial score (nSPS) is 12.8. The maximum Gasteiger partial charge on any atom is 0.180 e. The summed E-state index contributed by atoms with van der Waals surface area (Å²) < 4.78 is 47.6. The van der Waals surface area contributed by atoms with Crippen molar-refractivity contribution in [2.75, 3.05) is 11.5 Å². The SMILES string of the molecule is CCCS(=O)(=O)c1cscc1S(=O)(=O)CCC. The van der Waals surface area contributed by atoms with E-state index in [1.165, 1.54) is 10.8 Å². The van der Waals surface area contributed by atoms with E-state index in [9.17, 15) is 16.8 Å². The second-order valence-electron chi connectivity index (χ2n) is 3.74. The van der Waals surface area contributed by atoms with Crippen molar-refractivity contribution >= 4 is 31.0 Å². The van der Waals surface area contributed by atoms with Gasteiger partial charge in [-0.25, -0.2) is 16.8 Å². The first-order chi connectivity index (χ1) is 7.85. The van der Waals surface area contributed by atoms with Gasteiger partial charge >= 0.3 is 0 Å². The topological polar surface area (TPSA) is 68.3 Å². The van der Waals surface area contributed by atoms with Crippen LogP contribution in [0.2, 0.25) is 0 Å². The molecule has 0 saturated carbocycles. The number of hydrogen-bond donors (Lipinski definition) is 0. The summed E-state index contributed by atoms with van der Waals surface area (Å²) >= 11 is 1.11. The Hall–Kier alpha value is -0.400. The van der Waals surface area contributed by atoms with Crippen LogP contribution in [0.25, 0.3) is 0 Å². The summed E-state index contributed by atoms with van der Waals surface area (Å²) in [6.45, 7) is 3.51. The molecule has 0 aliphatic carbocycles. The van der Waals surface area contributed by atoms with Crippen LogP contribution in [-0.2, 0) is 19.7 Å². The van der Waals surface area contributed by atoms with E-state index in [-0.39, 0.29) is 21.3 Å². The van der Waals surface area contributed by atoms with Gasteiger partial charge in [-0.05, 0) is 12.8 Å². The van der Waals surface area contributed by atoms with E-state index in [4.69, 9.17) is 0 Å². The van der Waals surface area contributed by atoms with E-state index in [2.05, 4.69) is 0 Å². The van der Waals surface area contributed by atoms with Gasteiger partial charge in [0, 0.05) is 10.8 Å². The lowest BCUT2D eigenvalue weighted by Gasteiger charge is -2.05. The van der Waals surface area contributed by atoms with Crippen LogP contribution in [0.15, 0.2) is 20.6 Å². The molecule has 0 bridgehead atoms. The molecule has 98 valence electrons. The molecule has 0 aromatic carbocycles. The van der Waals surface area contributed by atoms with Crippen LogP contribution in [0.3, 0.4) is 0 Å². The van der Waals surface area contributed by atoms with Crippen LogP contribution in [0.4, 0.5) is 0 Å². The Morgan fingerprint density at radius 2 is 1.24 bits per heavy atom. The highest BCUT2D eigenvalue weighted by molar-refractivity contribution is 7.94. The van der Waals surface area contributed by atoms with Crippen molar-refractivity contribution < 1.29 is 16.8 Å². The number of sulfone groups is 2. The Kier molecular flexibility index (Phi) is 4.74. The monoisotopic (exact) mass is 296 g/mol. The zero-order valence-corrected chi connectivity index (χ0v) is 12.3. The second-order valence-corrected chi connectivity index (χ2v) is 8.64. The van der Waals surface area contributed by atoms with Gasteiger partial charge in [0.15, 0.2) is 19.7 Å². The van der Waals surface area contributed by atoms with Crippen molar-refractivity contribution in [3.63, 3.8) is 0 Å². The standard InChI is InChI=1S/C10H16O4S3/c1-3-5-16(11,12)9-7-15-8-10(9)17(13,14)6-4-2/h7-8H,3-6H2,1-2H3. The minimum atomic E-state index is -3.47. The molecule has 0 spiro atoms. The molecule has 0 atom stereocenters. The summed E-state index contributed by atoms with van der Waals surface area (Å²) in [6.07, 6.45) is 0.955. The summed E-state index contributed by atoms with van der Waals surface area (Å²) in [7, 11) is -6.94. The molecule has 0 aliphatic rings. The van der Waals surface area contributed by atoms with Crippen molar-refractivity contribution in [3.8, 4) is 0 Å². The van der Waals surface area contributed by atoms with Crippen molar-refractivity contribution in [2.45, 2.75) is 36.5 Å². The molecule has 0 radical (unpaired) electrons. The van der Waals surface area contributed by atoms with E-state index in [0.29, 0.717) is 12.8 Å². The van der Waals surface area contributed by atoms with E-state index in [1.807, 2.05) is 0 Å². The molecule has 0 N–H and O–H groups in total. The fourth-order valence-electron chi connectivity index (χ4n) is 1.48. The third-order valence-corrected chi connectivity index (χ3v) is 7.29. The molecular formula is C10H16O4S3. The molecule has 0 unspecified atom stereocenters. The highest BCUT2D eigenvalue weighted by atomic mass is 32.2. The third kappa shape index (κ3) is 3.29. The Bertz CT molecular complexity index is 516. The van der Waals surface area contributed by atoms with Gasteiger partial charge in [-0.1, -0.05) is 13.8 Å². The molecule has 4 nitrogen and oxygen atoms in total. The molecule has 1 aromatic rings. The summed E-state index contributed by atoms with van der Waals surface area (Å²) in [5, 5.41) is 2.82. The lowest BCUT2D eigenvalue weighted by molar-refractivity contribution is 0.582. The number of hydrogen-bond acceptors (Lipinski definition) is 5. The maximum absolute atomic E-state index is 11.9. The van der Waals surface area contributed by atoms with Gasteiger partial charge in [-0.2, -0.15) is 0 Å². The van der Waals surface area contributed by atoms with Crippen LogP contribution in [0.1, 0.15) is 26.7 Å². The zero-order chi connectivity index (χ0) is 13.1. The quantitative estimate of drug-likeness (QED) is 0.806. The van der Waals surface area contributed by atoms with Gasteiger partial charge in [0.2, 0.25) is 0 Å². The summed E-state index contributed by atoms with van der Waals surface area (Å²) in [5.41, 5.74) is 0. The van der Waals surface area contributed by atoms with E-state index < -0.39 is 19.7 Å². The molecular weight excluding hydrogens is 280 g/mol. The summed E-state index contributed by atoms with van der Waals surface area (Å²) in [6, 6.07) is 0. The van der Waals surface area contributed by atoms with Gasteiger partial charge in [0.25, 0.3) is 0 Å². The van der Waals surface area contributed by atoms with Gasteiger partial charge in [0.1, 0.15) is 0 Å². The number of rotatable bonds is 6. The predicted molar refractivity (Wildman–Crippen MR) is 69.0 cm³/mol. The zero-order valence-electron chi connectivity index (χ0n) is 9.84. The van der Waals surface area contributed by atoms with Crippen LogP contribution in [-0.4, -0.2) is 28.3 Å². The molecule has 0 saturated heterocycles. The Morgan fingerprint density at radius 3 is 1.53 bits per heavy atom. The Morgan fingerprint density at radius 1 is 0.882 bits per heavy atom. The highest BCUT2D eigenvalue weighted by Crippen LogP contribution is 2.27. The second kappa shape index (κ2) is 5.49. The van der Waals surface area contributed by atoms with E-state index >= 15 is 0 Å². The first kappa shape index (κ1) is 14.7. The first-order valence-corrected chi connectivity index (χ1v) is 9.61. The molecule has 1 aromatic heterocycles. The molecule has 1 rings (SSSR count). The third-order valence-electron chi connectivity index (χ3n) is 2.21. The molecule has 17 heavy (non-hydrogen) atoms. The fraction of sp³-hybridized carbons (Fsp3) is 0.600. The smallest absolute Gasteiger partial charge is 0.180 e. The van der Waals surface area contributed by atoms with Crippen LogP contribution < -0.4 is 0 Å². The highest BCUT2D eigenvalue weighted by Gasteiger charge is 2.26. The van der Waals surface area contributed by atoms with Gasteiger partial charge in [0.05, 0.1) is 21.3 Å². The predicted octanol–water partition coefficient (Wildman–Crippen LogP) is 2.12. The van der Waals surface area contributed by atoms with Crippen LogP contribution >= 0.6 is 11.3 Å². The average Bonchev–Trinajstić information content (AvgIpc) is 2.66. The summed E-state index contributed by atoms with van der Waals surface area (Å²) in [5.74, 6) is -0.0310. The van der Waals surface area contributed by atoms with E-state index in [0.717, 1.165) is 11.3 Å². The van der Waals surface area contributed by atoms with Crippen molar-refractivity contribution in [2.24, 2.45) is 0 Å². The molecule has 0 aliphatic heterocycles. The van der Waals surface area contributed by atoms with Gasteiger partial charge < -0.3 is 0 Å². The molecule has 7 heteroatoms. The summed E-state index contributed by atoms with van der Waals surface area (Å²) in [4.78, 5) is -0.0596. The van der Waals surface area contributed by atoms with Crippen LogP contribution in [0, 0.1) is 0 Å². The first-order valence-electron chi connectivity index (χ1n) is 5.37. The minimum Gasteiger partial charge on any atom is -0.224 e. The fourth-order valence-corrected chi connectivity index (χ4v) is 6.72. The lowest BCUT2D eigenvalue weighted by atomic mass is 10.6. The maximum atomic E-state index is 11.9. The molecule has 0 amide bonds. The van der Waals surface area contributed by atoms with Crippen molar-refractivity contribution in [1.29, 1.82) is 0 Å². The van der Waals surface area contributed by atoms with Gasteiger partial charge in [-0.3, -0.25) is 0 Å². The lowest BCUT2D eigenvalue weighted by Crippen LogP contribution is -2.12. The Balaban J connectivity index is 3.28. The van der Waals surface area contributed by atoms with Gasteiger partial charge in [-0.15, -0.1) is 11.3 Å². The Labute approximate surface area is 107 Å². The molecule has 0 fully saturated rings. The van der Waals surface area contributed by atoms with Crippen LogP contribution in [0.5, 0.6) is 0 Å².